The molecule has 19 heavy (non-hydrogen) atoms. The number of aromatic nitrogens is 2. The van der Waals surface area contributed by atoms with Crippen LogP contribution in [-0.4, -0.2) is 21.0 Å². The van der Waals surface area contributed by atoms with E-state index in [1.54, 1.807) is 12.4 Å². The summed E-state index contributed by atoms with van der Waals surface area (Å²) in [6.45, 7) is 4.12. The smallest absolute Gasteiger partial charge is 0.347 e. The highest BCUT2D eigenvalue weighted by Gasteiger charge is 2.23. The summed E-state index contributed by atoms with van der Waals surface area (Å²) in [4.78, 5) is 20.3. The van der Waals surface area contributed by atoms with Crippen molar-refractivity contribution in [2.45, 2.75) is 32.6 Å². The number of thiazole rings is 1. The lowest BCUT2D eigenvalue weighted by Crippen LogP contribution is -2.04. The van der Waals surface area contributed by atoms with Crippen LogP contribution < -0.4 is 0 Å². The Bertz CT molecular complexity index is 562. The Kier molecular flexibility index (Phi) is 4.27. The molecule has 0 aliphatic rings. The molecule has 1 N–H and O–H groups in total. The van der Waals surface area contributed by atoms with Crippen molar-refractivity contribution in [3.05, 3.63) is 35.1 Å². The highest BCUT2D eigenvalue weighted by atomic mass is 32.1. The van der Waals surface area contributed by atoms with E-state index >= 15 is 0 Å². The first-order valence-corrected chi connectivity index (χ1v) is 7.13. The van der Waals surface area contributed by atoms with E-state index in [0.717, 1.165) is 23.4 Å². The number of pyridine rings is 1. The van der Waals surface area contributed by atoms with Crippen molar-refractivity contribution in [3.8, 4) is 10.6 Å². The second-order valence-corrected chi connectivity index (χ2v) is 5.29. The van der Waals surface area contributed by atoms with Crippen LogP contribution in [0.4, 0.5) is 0 Å². The maximum Gasteiger partial charge on any atom is 0.347 e. The van der Waals surface area contributed by atoms with Gasteiger partial charge in [0.25, 0.3) is 0 Å². The third-order valence-corrected chi connectivity index (χ3v) is 4.24. The van der Waals surface area contributed by atoms with Gasteiger partial charge in [-0.25, -0.2) is 9.78 Å². The number of rotatable bonds is 5. The summed E-state index contributed by atoms with van der Waals surface area (Å²) >= 11 is 1.23. The monoisotopic (exact) mass is 276 g/mol. The lowest BCUT2D eigenvalue weighted by molar-refractivity contribution is 0.0700. The fraction of sp³-hybridized carbons (Fsp3) is 0.357. The molecule has 0 fully saturated rings. The van der Waals surface area contributed by atoms with Crippen LogP contribution in [0.15, 0.2) is 24.5 Å². The minimum Gasteiger partial charge on any atom is -0.477 e. The molecule has 0 aromatic carbocycles. The molecule has 0 unspecified atom stereocenters. The predicted octanol–water partition coefficient (Wildman–Crippen LogP) is 3.81. The lowest BCUT2D eigenvalue weighted by atomic mass is 9.98. The zero-order valence-electron chi connectivity index (χ0n) is 11.0. The summed E-state index contributed by atoms with van der Waals surface area (Å²) in [7, 11) is 0. The van der Waals surface area contributed by atoms with E-state index in [1.807, 2.05) is 12.1 Å². The molecule has 0 aliphatic heterocycles. The molecule has 2 aromatic rings. The van der Waals surface area contributed by atoms with E-state index in [0.29, 0.717) is 10.6 Å². The molecule has 2 heterocycles. The van der Waals surface area contributed by atoms with Crippen molar-refractivity contribution in [1.29, 1.82) is 0 Å². The highest BCUT2D eigenvalue weighted by Crippen LogP contribution is 2.34. The van der Waals surface area contributed by atoms with Gasteiger partial charge in [-0.2, -0.15) is 0 Å². The summed E-state index contributed by atoms with van der Waals surface area (Å²) in [5.41, 5.74) is 1.58. The average molecular weight is 276 g/mol. The lowest BCUT2D eigenvalue weighted by Gasteiger charge is -2.09. The van der Waals surface area contributed by atoms with Crippen molar-refractivity contribution in [3.63, 3.8) is 0 Å². The van der Waals surface area contributed by atoms with Gasteiger partial charge in [0.2, 0.25) is 0 Å². The van der Waals surface area contributed by atoms with Gasteiger partial charge in [-0.3, -0.25) is 4.98 Å². The van der Waals surface area contributed by atoms with Crippen molar-refractivity contribution >= 4 is 17.3 Å². The van der Waals surface area contributed by atoms with Gasteiger partial charge in [0, 0.05) is 23.9 Å². The Morgan fingerprint density at radius 3 is 2.68 bits per heavy atom. The number of nitrogens with zero attached hydrogens (tertiary/aromatic N) is 2. The van der Waals surface area contributed by atoms with Gasteiger partial charge in [-0.05, 0) is 25.0 Å². The van der Waals surface area contributed by atoms with Crippen LogP contribution in [0.25, 0.3) is 10.6 Å². The molecule has 0 atom stereocenters. The molecule has 0 aliphatic carbocycles. The van der Waals surface area contributed by atoms with E-state index in [1.165, 1.54) is 11.3 Å². The number of carboxylic acid groups (broad SMARTS) is 1. The average Bonchev–Trinajstić information content (AvgIpc) is 2.86. The number of carboxylic acids is 1. The molecule has 5 heteroatoms. The largest absolute Gasteiger partial charge is 0.477 e. The van der Waals surface area contributed by atoms with Crippen molar-refractivity contribution in [2.75, 3.05) is 0 Å². The minimum atomic E-state index is -0.894. The SMILES string of the molecule is CCC(CC)c1nc(-c2cccnc2)sc1C(=O)O. The fourth-order valence-corrected chi connectivity index (χ4v) is 3.03. The van der Waals surface area contributed by atoms with E-state index in [2.05, 4.69) is 23.8 Å². The van der Waals surface area contributed by atoms with Crippen LogP contribution in [0, 0.1) is 0 Å². The van der Waals surface area contributed by atoms with Crippen LogP contribution in [-0.2, 0) is 0 Å². The topological polar surface area (TPSA) is 63.1 Å². The minimum absolute atomic E-state index is 0.202. The zero-order chi connectivity index (χ0) is 13.8. The molecular formula is C14H16N2O2S. The standard InChI is InChI=1S/C14H16N2O2S/c1-3-9(4-2)11-12(14(17)18)19-13(16-11)10-6-5-7-15-8-10/h5-9H,3-4H2,1-2H3,(H,17,18). The third kappa shape index (κ3) is 2.81. The molecule has 0 spiro atoms. The first-order chi connectivity index (χ1) is 9.17. The third-order valence-electron chi connectivity index (χ3n) is 3.13. The Labute approximate surface area is 116 Å². The molecule has 4 nitrogen and oxygen atoms in total. The number of carbonyl (C=O) groups is 1. The van der Waals surface area contributed by atoms with E-state index in [4.69, 9.17) is 0 Å². The van der Waals surface area contributed by atoms with Crippen molar-refractivity contribution in [1.82, 2.24) is 9.97 Å². The Hall–Kier alpha value is -1.75. The first kappa shape index (κ1) is 13.7. The van der Waals surface area contributed by atoms with Gasteiger partial charge in [-0.1, -0.05) is 13.8 Å². The molecule has 0 bridgehead atoms. The molecule has 100 valence electrons. The number of hydrogen-bond acceptors (Lipinski definition) is 4. The number of hydrogen-bond donors (Lipinski definition) is 1. The first-order valence-electron chi connectivity index (χ1n) is 6.31. The normalized spacial score (nSPS) is 10.9. The van der Waals surface area contributed by atoms with Crippen molar-refractivity contribution in [2.24, 2.45) is 0 Å². The summed E-state index contributed by atoms with van der Waals surface area (Å²) < 4.78 is 0. The van der Waals surface area contributed by atoms with E-state index in [9.17, 15) is 9.90 Å². The highest BCUT2D eigenvalue weighted by molar-refractivity contribution is 7.17. The van der Waals surface area contributed by atoms with Crippen LogP contribution in [0.2, 0.25) is 0 Å². The van der Waals surface area contributed by atoms with Crippen LogP contribution >= 0.6 is 11.3 Å². The van der Waals surface area contributed by atoms with E-state index in [-0.39, 0.29) is 5.92 Å². The van der Waals surface area contributed by atoms with Gasteiger partial charge < -0.3 is 5.11 Å². The molecule has 0 amide bonds. The predicted molar refractivity (Wildman–Crippen MR) is 75.6 cm³/mol. The summed E-state index contributed by atoms with van der Waals surface area (Å²) in [6.07, 6.45) is 5.19. The van der Waals surface area contributed by atoms with Gasteiger partial charge in [-0.15, -0.1) is 11.3 Å². The summed E-state index contributed by atoms with van der Waals surface area (Å²) in [6, 6.07) is 3.72. The molecule has 0 radical (unpaired) electrons. The Morgan fingerprint density at radius 1 is 1.42 bits per heavy atom. The molecule has 0 saturated heterocycles. The quantitative estimate of drug-likeness (QED) is 0.902. The second kappa shape index (κ2) is 5.93. The molecule has 2 rings (SSSR count). The second-order valence-electron chi connectivity index (χ2n) is 4.29. The van der Waals surface area contributed by atoms with Crippen LogP contribution in [0.3, 0.4) is 0 Å². The van der Waals surface area contributed by atoms with E-state index < -0.39 is 5.97 Å². The summed E-state index contributed by atoms with van der Waals surface area (Å²) in [5.74, 6) is -0.692. The van der Waals surface area contributed by atoms with Gasteiger partial charge in [0.05, 0.1) is 5.69 Å². The Balaban J connectivity index is 2.49. The molecule has 0 saturated carbocycles. The van der Waals surface area contributed by atoms with Gasteiger partial charge in [0.1, 0.15) is 9.88 Å². The van der Waals surface area contributed by atoms with Crippen molar-refractivity contribution < 1.29 is 9.90 Å². The number of aromatic carboxylic acids is 1. The zero-order valence-corrected chi connectivity index (χ0v) is 11.8. The van der Waals surface area contributed by atoms with Gasteiger partial charge >= 0.3 is 5.97 Å². The Morgan fingerprint density at radius 2 is 2.16 bits per heavy atom. The maximum atomic E-state index is 11.4. The van der Waals surface area contributed by atoms with Crippen LogP contribution in [0.1, 0.15) is 48.0 Å². The van der Waals surface area contributed by atoms with Gasteiger partial charge in [0.15, 0.2) is 0 Å². The molecule has 2 aromatic heterocycles. The fourth-order valence-electron chi connectivity index (χ4n) is 2.05. The van der Waals surface area contributed by atoms with Crippen LogP contribution in [0.5, 0.6) is 0 Å². The molecular weight excluding hydrogens is 260 g/mol. The maximum absolute atomic E-state index is 11.4. The summed E-state index contributed by atoms with van der Waals surface area (Å²) in [5, 5.41) is 10.0.